The number of hydrogen-bond acceptors (Lipinski definition) is 4. The van der Waals surface area contributed by atoms with E-state index in [1.807, 2.05) is 44.2 Å². The summed E-state index contributed by atoms with van der Waals surface area (Å²) in [5.74, 6) is -0.713. The number of benzene rings is 2. The van der Waals surface area contributed by atoms with Gasteiger partial charge < -0.3 is 10.2 Å². The van der Waals surface area contributed by atoms with Crippen molar-refractivity contribution in [2.24, 2.45) is 0 Å². The van der Waals surface area contributed by atoms with Crippen molar-refractivity contribution in [3.8, 4) is 0 Å². The van der Waals surface area contributed by atoms with E-state index in [4.69, 9.17) is 0 Å². The van der Waals surface area contributed by atoms with Crippen LogP contribution in [0.3, 0.4) is 0 Å². The molecule has 0 heterocycles. The van der Waals surface area contributed by atoms with Crippen LogP contribution in [0.15, 0.2) is 60.7 Å². The Morgan fingerprint density at radius 3 is 2.03 bits per heavy atom. The third-order valence-corrected chi connectivity index (χ3v) is 7.54. The Hall–Kier alpha value is -2.91. The SMILES string of the molecule is CC[C@@H](C)NC(=O)[C@H](C)N(CCc1ccccc1)C(=O)CN(c1ccccc1)S(=O)(=O)N(C)C. The molecule has 0 unspecified atom stereocenters. The first-order valence-corrected chi connectivity index (χ1v) is 12.9. The number of carbonyl (C=O) groups is 2. The summed E-state index contributed by atoms with van der Waals surface area (Å²) < 4.78 is 28.3. The molecule has 0 aliphatic heterocycles. The van der Waals surface area contributed by atoms with Crippen LogP contribution in [-0.4, -0.2) is 68.7 Å². The highest BCUT2D eigenvalue weighted by molar-refractivity contribution is 7.90. The summed E-state index contributed by atoms with van der Waals surface area (Å²) in [5.41, 5.74) is 1.40. The van der Waals surface area contributed by atoms with E-state index < -0.39 is 28.7 Å². The lowest BCUT2D eigenvalue weighted by atomic mass is 10.1. The zero-order valence-corrected chi connectivity index (χ0v) is 21.5. The smallest absolute Gasteiger partial charge is 0.304 e. The molecule has 0 saturated carbocycles. The number of carbonyl (C=O) groups excluding carboxylic acids is 2. The third kappa shape index (κ3) is 7.30. The van der Waals surface area contributed by atoms with E-state index in [9.17, 15) is 18.0 Å². The summed E-state index contributed by atoms with van der Waals surface area (Å²) in [6.45, 7) is 5.41. The Labute approximate surface area is 203 Å². The third-order valence-electron chi connectivity index (χ3n) is 5.72. The van der Waals surface area contributed by atoms with Gasteiger partial charge >= 0.3 is 10.2 Å². The maximum atomic E-state index is 13.5. The average molecular weight is 489 g/mol. The van der Waals surface area contributed by atoms with Crippen molar-refractivity contribution >= 4 is 27.7 Å². The van der Waals surface area contributed by atoms with Crippen LogP contribution in [-0.2, 0) is 26.2 Å². The summed E-state index contributed by atoms with van der Waals surface area (Å²) in [6.07, 6.45) is 1.30. The van der Waals surface area contributed by atoms with Crippen molar-refractivity contribution in [2.75, 3.05) is 31.5 Å². The van der Waals surface area contributed by atoms with E-state index in [2.05, 4.69) is 5.32 Å². The molecular weight excluding hydrogens is 452 g/mol. The first-order chi connectivity index (χ1) is 16.1. The van der Waals surface area contributed by atoms with E-state index in [-0.39, 0.29) is 18.5 Å². The van der Waals surface area contributed by atoms with Gasteiger partial charge in [0.2, 0.25) is 11.8 Å². The molecule has 186 valence electrons. The second-order valence-corrected chi connectivity index (χ2v) is 10.5. The van der Waals surface area contributed by atoms with Crippen molar-refractivity contribution < 1.29 is 18.0 Å². The minimum Gasteiger partial charge on any atom is -0.352 e. The molecule has 2 aromatic rings. The number of anilines is 1. The summed E-state index contributed by atoms with van der Waals surface area (Å²) >= 11 is 0. The molecule has 0 saturated heterocycles. The normalized spacial score (nSPS) is 13.2. The van der Waals surface area contributed by atoms with Crippen LogP contribution in [0, 0.1) is 0 Å². The summed E-state index contributed by atoms with van der Waals surface area (Å²) in [7, 11) is -1.09. The van der Waals surface area contributed by atoms with E-state index in [0.717, 1.165) is 20.6 Å². The fourth-order valence-electron chi connectivity index (χ4n) is 3.35. The predicted molar refractivity (Wildman–Crippen MR) is 136 cm³/mol. The molecule has 9 heteroatoms. The minimum absolute atomic E-state index is 0.0315. The van der Waals surface area contributed by atoms with Crippen LogP contribution in [0.5, 0.6) is 0 Å². The monoisotopic (exact) mass is 488 g/mol. The molecule has 1 N–H and O–H groups in total. The number of nitrogens with zero attached hydrogens (tertiary/aromatic N) is 3. The maximum absolute atomic E-state index is 13.5. The minimum atomic E-state index is -3.94. The Balaban J connectivity index is 2.34. The second-order valence-electron chi connectivity index (χ2n) is 8.45. The van der Waals surface area contributed by atoms with Crippen LogP contribution < -0.4 is 9.62 Å². The molecular formula is C25H36N4O4S. The van der Waals surface area contributed by atoms with Crippen LogP contribution in [0.4, 0.5) is 5.69 Å². The van der Waals surface area contributed by atoms with Gasteiger partial charge in [0, 0.05) is 26.7 Å². The van der Waals surface area contributed by atoms with Gasteiger partial charge in [-0.05, 0) is 44.4 Å². The number of para-hydroxylation sites is 1. The topological polar surface area (TPSA) is 90.0 Å². The molecule has 34 heavy (non-hydrogen) atoms. The van der Waals surface area contributed by atoms with Crippen molar-refractivity contribution in [1.82, 2.24) is 14.5 Å². The molecule has 0 fully saturated rings. The molecule has 8 nitrogen and oxygen atoms in total. The van der Waals surface area contributed by atoms with Gasteiger partial charge in [0.25, 0.3) is 0 Å². The fraction of sp³-hybridized carbons (Fsp3) is 0.440. The Kier molecular flexibility index (Phi) is 10.1. The first kappa shape index (κ1) is 27.3. The van der Waals surface area contributed by atoms with Gasteiger partial charge in [0.1, 0.15) is 12.6 Å². The van der Waals surface area contributed by atoms with Gasteiger partial charge in [-0.1, -0.05) is 55.5 Å². The molecule has 0 radical (unpaired) electrons. The largest absolute Gasteiger partial charge is 0.352 e. The summed E-state index contributed by atoms with van der Waals surface area (Å²) in [4.78, 5) is 27.9. The highest BCUT2D eigenvalue weighted by Crippen LogP contribution is 2.20. The fourth-order valence-corrected chi connectivity index (χ4v) is 4.40. The quantitative estimate of drug-likeness (QED) is 0.497. The molecule has 2 atom stereocenters. The van der Waals surface area contributed by atoms with Crippen molar-refractivity contribution in [1.29, 1.82) is 0 Å². The Bertz CT molecular complexity index is 1030. The molecule has 2 aromatic carbocycles. The molecule has 0 bridgehead atoms. The van der Waals surface area contributed by atoms with E-state index >= 15 is 0 Å². The molecule has 2 amide bonds. The van der Waals surface area contributed by atoms with Gasteiger partial charge in [-0.25, -0.2) is 4.31 Å². The first-order valence-electron chi connectivity index (χ1n) is 11.5. The van der Waals surface area contributed by atoms with Crippen molar-refractivity contribution in [2.45, 2.75) is 45.7 Å². The molecule has 0 spiro atoms. The Morgan fingerprint density at radius 1 is 0.941 bits per heavy atom. The number of amides is 2. The molecule has 0 aliphatic rings. The van der Waals surface area contributed by atoms with Crippen molar-refractivity contribution in [3.05, 3.63) is 66.2 Å². The molecule has 0 aromatic heterocycles. The highest BCUT2D eigenvalue weighted by atomic mass is 32.2. The summed E-state index contributed by atoms with van der Waals surface area (Å²) in [6, 6.07) is 17.4. The maximum Gasteiger partial charge on any atom is 0.304 e. The summed E-state index contributed by atoms with van der Waals surface area (Å²) in [5, 5.41) is 2.92. The standard InChI is InChI=1S/C25H36N4O4S/c1-6-20(2)26-25(31)21(3)28(18-17-22-13-9-7-10-14-22)24(30)19-29(34(32,33)27(4)5)23-15-11-8-12-16-23/h7-16,20-21H,6,17-19H2,1-5H3,(H,26,31)/t20-,21+/m1/s1. The second kappa shape index (κ2) is 12.5. The predicted octanol–water partition coefficient (Wildman–Crippen LogP) is 2.67. The molecule has 0 aliphatic carbocycles. The zero-order chi connectivity index (χ0) is 25.3. The van der Waals surface area contributed by atoms with E-state index in [1.165, 1.54) is 19.0 Å². The average Bonchev–Trinajstić information content (AvgIpc) is 2.83. The van der Waals surface area contributed by atoms with Gasteiger partial charge in [-0.15, -0.1) is 0 Å². The van der Waals surface area contributed by atoms with E-state index in [1.54, 1.807) is 37.3 Å². The lowest BCUT2D eigenvalue weighted by Crippen LogP contribution is -2.54. The van der Waals surface area contributed by atoms with Crippen LogP contribution in [0.1, 0.15) is 32.8 Å². The zero-order valence-electron chi connectivity index (χ0n) is 20.6. The van der Waals surface area contributed by atoms with Crippen LogP contribution in [0.2, 0.25) is 0 Å². The lowest BCUT2D eigenvalue weighted by Gasteiger charge is -2.33. The van der Waals surface area contributed by atoms with Crippen LogP contribution >= 0.6 is 0 Å². The van der Waals surface area contributed by atoms with Gasteiger partial charge in [0.15, 0.2) is 0 Å². The van der Waals surface area contributed by atoms with Crippen molar-refractivity contribution in [3.63, 3.8) is 0 Å². The number of rotatable bonds is 12. The van der Waals surface area contributed by atoms with Gasteiger partial charge in [-0.2, -0.15) is 12.7 Å². The number of hydrogen-bond donors (Lipinski definition) is 1. The molecule has 2 rings (SSSR count). The van der Waals surface area contributed by atoms with Crippen LogP contribution in [0.25, 0.3) is 0 Å². The highest BCUT2D eigenvalue weighted by Gasteiger charge is 2.32. The lowest BCUT2D eigenvalue weighted by molar-refractivity contribution is -0.139. The van der Waals surface area contributed by atoms with Gasteiger partial charge in [-0.3, -0.25) is 9.59 Å². The van der Waals surface area contributed by atoms with Gasteiger partial charge in [0.05, 0.1) is 5.69 Å². The number of nitrogens with one attached hydrogen (secondary N) is 1. The Morgan fingerprint density at radius 2 is 1.50 bits per heavy atom. The van der Waals surface area contributed by atoms with E-state index in [0.29, 0.717) is 12.1 Å².